The molecule has 0 aliphatic heterocycles. The molecule has 2 aromatic rings. The molecule has 0 fully saturated rings. The van der Waals surface area contributed by atoms with Crippen LogP contribution in [0.1, 0.15) is 15.9 Å². The fourth-order valence-electron chi connectivity index (χ4n) is 1.84. The van der Waals surface area contributed by atoms with E-state index in [1.807, 2.05) is 6.92 Å². The van der Waals surface area contributed by atoms with Gasteiger partial charge in [-0.25, -0.2) is 4.39 Å². The van der Waals surface area contributed by atoms with Gasteiger partial charge >= 0.3 is 0 Å². The van der Waals surface area contributed by atoms with Crippen molar-refractivity contribution in [3.05, 3.63) is 53.3 Å². The summed E-state index contributed by atoms with van der Waals surface area (Å²) in [5.41, 5.74) is 7.49. The van der Waals surface area contributed by atoms with Crippen molar-refractivity contribution in [2.24, 2.45) is 0 Å². The number of ether oxygens (including phenoxy) is 1. The van der Waals surface area contributed by atoms with E-state index in [1.165, 1.54) is 17.0 Å². The Bertz CT molecular complexity index is 684. The lowest BCUT2D eigenvalue weighted by molar-refractivity contribution is 0.0827. The first-order chi connectivity index (χ1) is 9.88. The molecule has 0 bridgehead atoms. The number of nitrogen functional groups attached to an aromatic ring is 1. The van der Waals surface area contributed by atoms with Gasteiger partial charge < -0.3 is 15.4 Å². The van der Waals surface area contributed by atoms with Crippen molar-refractivity contribution in [2.75, 3.05) is 19.8 Å². The average Bonchev–Trinajstić information content (AvgIpc) is 2.44. The molecule has 0 aliphatic carbocycles. The molecule has 2 rings (SSSR count). The fraction of sp³-hybridized carbons (Fsp3) is 0.188. The smallest absolute Gasteiger partial charge is 0.253 e. The van der Waals surface area contributed by atoms with Crippen LogP contribution in [0.25, 0.3) is 0 Å². The van der Waals surface area contributed by atoms with E-state index in [-0.39, 0.29) is 17.3 Å². The first-order valence-corrected chi connectivity index (χ1v) is 6.43. The Kier molecular flexibility index (Phi) is 4.12. The molecule has 0 radical (unpaired) electrons. The SMILES string of the molecule is Cc1ccc(F)c(Oc2ccc(C(=O)N(C)C)cc2N)c1. The first-order valence-electron chi connectivity index (χ1n) is 6.43. The zero-order valence-electron chi connectivity index (χ0n) is 12.2. The van der Waals surface area contributed by atoms with Crippen LogP contribution in [0.3, 0.4) is 0 Å². The molecule has 1 amide bonds. The van der Waals surface area contributed by atoms with Crippen molar-refractivity contribution in [1.82, 2.24) is 4.90 Å². The molecular formula is C16H17FN2O2. The maximum absolute atomic E-state index is 13.7. The molecule has 21 heavy (non-hydrogen) atoms. The number of benzene rings is 2. The Morgan fingerprint density at radius 3 is 2.48 bits per heavy atom. The number of carbonyl (C=O) groups excluding carboxylic acids is 1. The normalized spacial score (nSPS) is 10.3. The number of nitrogens with zero attached hydrogens (tertiary/aromatic N) is 1. The molecule has 0 atom stereocenters. The average molecular weight is 288 g/mol. The van der Waals surface area contributed by atoms with Crippen LogP contribution < -0.4 is 10.5 Å². The van der Waals surface area contributed by atoms with Gasteiger partial charge in [-0.15, -0.1) is 0 Å². The Labute approximate surface area is 122 Å². The number of aryl methyl sites for hydroxylation is 1. The topological polar surface area (TPSA) is 55.6 Å². The lowest BCUT2D eigenvalue weighted by atomic mass is 10.1. The fourth-order valence-corrected chi connectivity index (χ4v) is 1.84. The van der Waals surface area contributed by atoms with Gasteiger partial charge in [0.05, 0.1) is 5.69 Å². The highest BCUT2D eigenvalue weighted by molar-refractivity contribution is 5.95. The van der Waals surface area contributed by atoms with Gasteiger partial charge in [-0.1, -0.05) is 6.07 Å². The number of halogens is 1. The second kappa shape index (κ2) is 5.83. The maximum atomic E-state index is 13.7. The molecule has 0 aliphatic rings. The minimum Gasteiger partial charge on any atom is -0.452 e. The summed E-state index contributed by atoms with van der Waals surface area (Å²) in [6.45, 7) is 1.84. The Morgan fingerprint density at radius 2 is 1.86 bits per heavy atom. The molecule has 2 N–H and O–H groups in total. The molecule has 0 unspecified atom stereocenters. The zero-order chi connectivity index (χ0) is 15.6. The summed E-state index contributed by atoms with van der Waals surface area (Å²) >= 11 is 0. The van der Waals surface area contributed by atoms with Gasteiger partial charge in [0.2, 0.25) is 0 Å². The molecule has 2 aromatic carbocycles. The minimum atomic E-state index is -0.464. The van der Waals surface area contributed by atoms with Crippen molar-refractivity contribution in [3.63, 3.8) is 0 Å². The minimum absolute atomic E-state index is 0.105. The molecule has 0 saturated carbocycles. The molecule has 4 nitrogen and oxygen atoms in total. The van der Waals surface area contributed by atoms with Gasteiger partial charge in [-0.2, -0.15) is 0 Å². The number of amides is 1. The summed E-state index contributed by atoms with van der Waals surface area (Å²) < 4.78 is 19.2. The third-order valence-electron chi connectivity index (χ3n) is 2.97. The van der Waals surface area contributed by atoms with Crippen molar-refractivity contribution < 1.29 is 13.9 Å². The number of hydrogen-bond acceptors (Lipinski definition) is 3. The molecule has 0 spiro atoms. The van der Waals surface area contributed by atoms with Gasteiger partial charge in [-0.3, -0.25) is 4.79 Å². The largest absolute Gasteiger partial charge is 0.452 e. The second-order valence-electron chi connectivity index (χ2n) is 4.99. The highest BCUT2D eigenvalue weighted by atomic mass is 19.1. The molecule has 5 heteroatoms. The predicted octanol–water partition coefficient (Wildman–Crippen LogP) is 3.21. The van der Waals surface area contributed by atoms with Crippen LogP contribution in [0.5, 0.6) is 11.5 Å². The summed E-state index contributed by atoms with van der Waals surface area (Å²) in [4.78, 5) is 13.3. The lowest BCUT2D eigenvalue weighted by Gasteiger charge is -2.13. The summed E-state index contributed by atoms with van der Waals surface area (Å²) in [5.74, 6) is -0.202. The van der Waals surface area contributed by atoms with Crippen molar-refractivity contribution in [3.8, 4) is 11.5 Å². The van der Waals surface area contributed by atoms with Crippen LogP contribution in [0.2, 0.25) is 0 Å². The van der Waals surface area contributed by atoms with Gasteiger partial charge in [0.15, 0.2) is 17.3 Å². The van der Waals surface area contributed by atoms with E-state index in [9.17, 15) is 9.18 Å². The van der Waals surface area contributed by atoms with Crippen LogP contribution in [-0.2, 0) is 0 Å². The monoisotopic (exact) mass is 288 g/mol. The van der Waals surface area contributed by atoms with Gasteiger partial charge in [0.1, 0.15) is 0 Å². The third kappa shape index (κ3) is 3.31. The van der Waals surface area contributed by atoms with Gasteiger partial charge in [-0.05, 0) is 42.8 Å². The van der Waals surface area contributed by atoms with Crippen LogP contribution in [-0.4, -0.2) is 24.9 Å². The van der Waals surface area contributed by atoms with Crippen LogP contribution >= 0.6 is 0 Å². The van der Waals surface area contributed by atoms with Crippen LogP contribution in [0.4, 0.5) is 10.1 Å². The molecule has 0 saturated heterocycles. The van der Waals surface area contributed by atoms with Crippen LogP contribution in [0.15, 0.2) is 36.4 Å². The van der Waals surface area contributed by atoms with E-state index < -0.39 is 5.82 Å². The van der Waals surface area contributed by atoms with E-state index in [0.29, 0.717) is 11.3 Å². The summed E-state index contributed by atoms with van der Waals surface area (Å²) in [5, 5.41) is 0. The van der Waals surface area contributed by atoms with Crippen LogP contribution in [0, 0.1) is 12.7 Å². The Morgan fingerprint density at radius 1 is 1.14 bits per heavy atom. The van der Waals surface area contributed by atoms with Crippen molar-refractivity contribution >= 4 is 11.6 Å². The summed E-state index contributed by atoms with van der Waals surface area (Å²) in [7, 11) is 3.32. The van der Waals surface area contributed by atoms with E-state index in [0.717, 1.165) is 5.56 Å². The molecule has 0 aromatic heterocycles. The number of carbonyl (C=O) groups is 1. The van der Waals surface area contributed by atoms with E-state index >= 15 is 0 Å². The number of anilines is 1. The molecule has 0 heterocycles. The standard InChI is InChI=1S/C16H17FN2O2/c1-10-4-6-12(17)15(8-10)21-14-7-5-11(9-13(14)18)16(20)19(2)3/h4-9H,18H2,1-3H3. The molecule has 110 valence electrons. The summed E-state index contributed by atoms with van der Waals surface area (Å²) in [6, 6.07) is 9.27. The maximum Gasteiger partial charge on any atom is 0.253 e. The van der Waals surface area contributed by atoms with Gasteiger partial charge in [0, 0.05) is 19.7 Å². The quantitative estimate of drug-likeness (QED) is 0.882. The van der Waals surface area contributed by atoms with Crippen molar-refractivity contribution in [1.29, 1.82) is 0 Å². The lowest BCUT2D eigenvalue weighted by Crippen LogP contribution is -2.21. The summed E-state index contributed by atoms with van der Waals surface area (Å²) in [6.07, 6.45) is 0. The number of rotatable bonds is 3. The number of nitrogens with two attached hydrogens (primary N) is 1. The van der Waals surface area contributed by atoms with E-state index in [1.54, 1.807) is 38.4 Å². The predicted molar refractivity (Wildman–Crippen MR) is 80.1 cm³/mol. The third-order valence-corrected chi connectivity index (χ3v) is 2.97. The molecular weight excluding hydrogens is 271 g/mol. The van der Waals surface area contributed by atoms with Crippen molar-refractivity contribution in [2.45, 2.75) is 6.92 Å². The highest BCUT2D eigenvalue weighted by Crippen LogP contribution is 2.30. The zero-order valence-corrected chi connectivity index (χ0v) is 12.2. The highest BCUT2D eigenvalue weighted by Gasteiger charge is 2.12. The Hall–Kier alpha value is -2.56. The van der Waals surface area contributed by atoms with E-state index in [2.05, 4.69) is 0 Å². The van der Waals surface area contributed by atoms with E-state index in [4.69, 9.17) is 10.5 Å². The Balaban J connectivity index is 2.30. The first kappa shape index (κ1) is 14.8. The van der Waals surface area contributed by atoms with Gasteiger partial charge in [0.25, 0.3) is 5.91 Å². The number of hydrogen-bond donors (Lipinski definition) is 1. The second-order valence-corrected chi connectivity index (χ2v) is 4.99.